The summed E-state index contributed by atoms with van der Waals surface area (Å²) in [7, 11) is -3.66. The number of hydrogen-bond acceptors (Lipinski definition) is 2. The van der Waals surface area contributed by atoms with E-state index in [4.69, 9.17) is 0 Å². The summed E-state index contributed by atoms with van der Waals surface area (Å²) in [5.74, 6) is 0. The molecule has 0 aliphatic carbocycles. The molecule has 3 nitrogen and oxygen atoms in total. The van der Waals surface area contributed by atoms with E-state index in [2.05, 4.69) is 52.5 Å². The molecule has 0 aliphatic heterocycles. The number of rotatable bonds is 3. The van der Waals surface area contributed by atoms with Crippen molar-refractivity contribution in [1.82, 2.24) is 0 Å². The lowest BCUT2D eigenvalue weighted by atomic mass is 10.2. The third kappa shape index (κ3) is 3.44. The van der Waals surface area contributed by atoms with Crippen molar-refractivity contribution in [1.29, 1.82) is 0 Å². The number of anilines is 1. The fourth-order valence-corrected chi connectivity index (χ4v) is 4.85. The van der Waals surface area contributed by atoms with Gasteiger partial charge in [0.2, 0.25) is 0 Å². The van der Waals surface area contributed by atoms with Crippen LogP contribution in [-0.2, 0) is 10.0 Å². The Kier molecular flexibility index (Phi) is 4.94. The van der Waals surface area contributed by atoms with E-state index >= 15 is 0 Å². The predicted molar refractivity (Wildman–Crippen MR) is 91.5 cm³/mol. The van der Waals surface area contributed by atoms with Crippen molar-refractivity contribution in [2.75, 3.05) is 4.72 Å². The van der Waals surface area contributed by atoms with Crippen molar-refractivity contribution in [3.05, 3.63) is 55.4 Å². The van der Waals surface area contributed by atoms with Gasteiger partial charge in [0.1, 0.15) is 4.90 Å². The normalized spacial score (nSPS) is 11.4. The van der Waals surface area contributed by atoms with Gasteiger partial charge in [-0.2, -0.15) is 0 Å². The number of halogens is 3. The largest absolute Gasteiger partial charge is 0.278 e. The second-order valence-corrected chi connectivity index (χ2v) is 8.33. The minimum Gasteiger partial charge on any atom is -0.278 e. The lowest BCUT2D eigenvalue weighted by Gasteiger charge is -2.12. The number of aryl methyl sites for hydroxylation is 1. The summed E-state index contributed by atoms with van der Waals surface area (Å²) in [6.45, 7) is 1.90. The van der Waals surface area contributed by atoms with Crippen molar-refractivity contribution in [3.63, 3.8) is 0 Å². The second-order valence-electron chi connectivity index (χ2n) is 4.12. The van der Waals surface area contributed by atoms with Gasteiger partial charge in [-0.05, 0) is 68.6 Å². The summed E-state index contributed by atoms with van der Waals surface area (Å²) in [5.41, 5.74) is 1.45. The van der Waals surface area contributed by atoms with Crippen LogP contribution in [0.1, 0.15) is 5.56 Å². The predicted octanol–water partition coefficient (Wildman–Crippen LogP) is 5.08. The monoisotopic (exact) mass is 481 g/mol. The average Bonchev–Trinajstić information content (AvgIpc) is 2.36. The topological polar surface area (TPSA) is 46.2 Å². The van der Waals surface area contributed by atoms with Gasteiger partial charge in [0.15, 0.2) is 0 Å². The highest BCUT2D eigenvalue weighted by atomic mass is 79.9. The highest BCUT2D eigenvalue weighted by Crippen LogP contribution is 2.31. The molecule has 0 saturated carbocycles. The summed E-state index contributed by atoms with van der Waals surface area (Å²) in [6, 6.07) is 10.4. The maximum absolute atomic E-state index is 12.5. The fourth-order valence-electron chi connectivity index (χ4n) is 1.58. The third-order valence-electron chi connectivity index (χ3n) is 2.62. The minimum atomic E-state index is -3.66. The van der Waals surface area contributed by atoms with Crippen molar-refractivity contribution in [3.8, 4) is 0 Å². The molecule has 0 heterocycles. The molecule has 0 fully saturated rings. The molecule has 0 aromatic heterocycles. The van der Waals surface area contributed by atoms with E-state index in [0.717, 1.165) is 10.0 Å². The number of nitrogens with one attached hydrogen (secondary N) is 1. The Morgan fingerprint density at radius 2 is 1.60 bits per heavy atom. The summed E-state index contributed by atoms with van der Waals surface area (Å²) < 4.78 is 29.4. The first-order chi connectivity index (χ1) is 9.31. The lowest BCUT2D eigenvalue weighted by molar-refractivity contribution is 0.600. The fraction of sp³-hybridized carbons (Fsp3) is 0.0769. The Morgan fingerprint density at radius 1 is 0.950 bits per heavy atom. The van der Waals surface area contributed by atoms with Gasteiger partial charge in [0, 0.05) is 13.4 Å². The van der Waals surface area contributed by atoms with Crippen molar-refractivity contribution >= 4 is 63.5 Å². The Bertz CT molecular complexity index is 760. The molecule has 0 spiro atoms. The zero-order valence-corrected chi connectivity index (χ0v) is 15.9. The van der Waals surface area contributed by atoms with Gasteiger partial charge in [-0.3, -0.25) is 4.72 Å². The van der Waals surface area contributed by atoms with Crippen molar-refractivity contribution in [2.24, 2.45) is 0 Å². The van der Waals surface area contributed by atoms with Crippen LogP contribution in [0.4, 0.5) is 5.69 Å². The standard InChI is InChI=1S/C13H10Br3NO2S/c1-8-6-11(16)13(7-10(8)15)20(18,19)17-12-5-3-2-4-9(12)14/h2-7,17H,1H3. The lowest BCUT2D eigenvalue weighted by Crippen LogP contribution is -2.14. The van der Waals surface area contributed by atoms with Gasteiger partial charge in [-0.25, -0.2) is 8.42 Å². The van der Waals surface area contributed by atoms with E-state index in [-0.39, 0.29) is 4.90 Å². The summed E-state index contributed by atoms with van der Waals surface area (Å²) >= 11 is 9.97. The van der Waals surface area contributed by atoms with E-state index in [1.165, 1.54) is 0 Å². The maximum atomic E-state index is 12.5. The SMILES string of the molecule is Cc1cc(Br)c(S(=O)(=O)Nc2ccccc2Br)cc1Br. The van der Waals surface area contributed by atoms with Crippen LogP contribution in [0.5, 0.6) is 0 Å². The highest BCUT2D eigenvalue weighted by Gasteiger charge is 2.20. The molecule has 0 aliphatic rings. The van der Waals surface area contributed by atoms with Crippen LogP contribution in [0.3, 0.4) is 0 Å². The quantitative estimate of drug-likeness (QED) is 0.661. The molecule has 2 aromatic rings. The molecule has 2 aromatic carbocycles. The van der Waals surface area contributed by atoms with Crippen LogP contribution < -0.4 is 4.72 Å². The van der Waals surface area contributed by atoms with Gasteiger partial charge < -0.3 is 0 Å². The summed E-state index contributed by atoms with van der Waals surface area (Å²) in [5, 5.41) is 0. The van der Waals surface area contributed by atoms with Crippen LogP contribution in [-0.4, -0.2) is 8.42 Å². The molecule has 0 unspecified atom stereocenters. The zero-order chi connectivity index (χ0) is 14.9. The molecule has 0 amide bonds. The molecule has 20 heavy (non-hydrogen) atoms. The second kappa shape index (κ2) is 6.17. The van der Waals surface area contributed by atoms with Crippen LogP contribution in [0.15, 0.2) is 54.7 Å². The molecule has 1 N–H and O–H groups in total. The minimum absolute atomic E-state index is 0.186. The number of hydrogen-bond donors (Lipinski definition) is 1. The first-order valence-electron chi connectivity index (χ1n) is 5.54. The van der Waals surface area contributed by atoms with E-state index in [1.54, 1.807) is 30.3 Å². The first-order valence-corrected chi connectivity index (χ1v) is 9.40. The van der Waals surface area contributed by atoms with E-state index in [9.17, 15) is 8.42 Å². The summed E-state index contributed by atoms with van der Waals surface area (Å²) in [6.07, 6.45) is 0. The van der Waals surface area contributed by atoms with E-state index < -0.39 is 10.0 Å². The van der Waals surface area contributed by atoms with Crippen LogP contribution >= 0.6 is 47.8 Å². The molecular weight excluding hydrogens is 474 g/mol. The number of para-hydroxylation sites is 1. The van der Waals surface area contributed by atoms with E-state index in [1.807, 2.05) is 13.0 Å². The number of benzene rings is 2. The number of sulfonamides is 1. The van der Waals surface area contributed by atoms with Crippen LogP contribution in [0.25, 0.3) is 0 Å². The molecule has 0 atom stereocenters. The average molecular weight is 484 g/mol. The van der Waals surface area contributed by atoms with Crippen LogP contribution in [0, 0.1) is 6.92 Å². The van der Waals surface area contributed by atoms with Gasteiger partial charge in [-0.1, -0.05) is 28.1 Å². The first kappa shape index (κ1) is 16.0. The smallest absolute Gasteiger partial charge is 0.263 e. The van der Waals surface area contributed by atoms with E-state index in [0.29, 0.717) is 14.6 Å². The maximum Gasteiger partial charge on any atom is 0.263 e. The van der Waals surface area contributed by atoms with Crippen LogP contribution in [0.2, 0.25) is 0 Å². The zero-order valence-electron chi connectivity index (χ0n) is 10.3. The highest BCUT2D eigenvalue weighted by molar-refractivity contribution is 9.11. The van der Waals surface area contributed by atoms with Gasteiger partial charge in [0.25, 0.3) is 10.0 Å². The van der Waals surface area contributed by atoms with Gasteiger partial charge >= 0.3 is 0 Å². The van der Waals surface area contributed by atoms with Crippen molar-refractivity contribution < 1.29 is 8.42 Å². The molecule has 7 heteroatoms. The Morgan fingerprint density at radius 3 is 2.25 bits per heavy atom. The Labute approximate surface area is 143 Å². The molecule has 0 bridgehead atoms. The van der Waals surface area contributed by atoms with Crippen molar-refractivity contribution in [2.45, 2.75) is 11.8 Å². The summed E-state index contributed by atoms with van der Waals surface area (Å²) in [4.78, 5) is 0.186. The molecular formula is C13H10Br3NO2S. The van der Waals surface area contributed by atoms with Gasteiger partial charge in [-0.15, -0.1) is 0 Å². The molecule has 2 rings (SSSR count). The molecule has 0 saturated heterocycles. The third-order valence-corrected chi connectivity index (χ3v) is 6.49. The molecule has 0 radical (unpaired) electrons. The molecule has 106 valence electrons. The Balaban J connectivity index is 2.47. The van der Waals surface area contributed by atoms with Gasteiger partial charge in [0.05, 0.1) is 5.69 Å². The Hall–Kier alpha value is -0.370.